The van der Waals surface area contributed by atoms with Gasteiger partial charge in [0, 0.05) is 12.1 Å². The highest BCUT2D eigenvalue weighted by molar-refractivity contribution is 6.33. The molecular weight excluding hydrogens is 316 g/mol. The molecule has 0 unspecified atom stereocenters. The van der Waals surface area contributed by atoms with Gasteiger partial charge in [-0.15, -0.1) is 0 Å². The third kappa shape index (κ3) is 4.81. The molecule has 1 aromatic rings. The lowest BCUT2D eigenvalue weighted by molar-refractivity contribution is -0.124. The van der Waals surface area contributed by atoms with Gasteiger partial charge in [0.25, 0.3) is 5.91 Å². The van der Waals surface area contributed by atoms with Crippen LogP contribution >= 0.6 is 11.6 Å². The Morgan fingerprint density at radius 3 is 2.65 bits per heavy atom. The van der Waals surface area contributed by atoms with Gasteiger partial charge in [-0.2, -0.15) is 5.26 Å². The van der Waals surface area contributed by atoms with Crippen molar-refractivity contribution in [2.45, 2.75) is 12.8 Å². The Labute approximate surface area is 139 Å². The molecule has 1 aliphatic heterocycles. The van der Waals surface area contributed by atoms with E-state index in [0.717, 1.165) is 32.1 Å². The second kappa shape index (κ2) is 8.32. The summed E-state index contributed by atoms with van der Waals surface area (Å²) in [5.41, 5.74) is 0.220. The molecule has 0 saturated carbocycles. The number of anilines is 1. The Hall–Kier alpha value is -2.36. The first-order chi connectivity index (χ1) is 11.1. The second-order valence-corrected chi connectivity index (χ2v) is 5.54. The highest BCUT2D eigenvalue weighted by Crippen LogP contribution is 2.20. The fourth-order valence-corrected chi connectivity index (χ4v) is 2.43. The zero-order chi connectivity index (χ0) is 16.7. The number of nitriles is 1. The summed E-state index contributed by atoms with van der Waals surface area (Å²) in [4.78, 5) is 24.1. The van der Waals surface area contributed by atoms with Crippen LogP contribution < -0.4 is 16.0 Å². The number of rotatable bonds is 4. The maximum Gasteiger partial charge on any atom is 0.267 e. The maximum atomic E-state index is 12.1. The van der Waals surface area contributed by atoms with Crippen LogP contribution in [0.3, 0.4) is 0 Å². The molecule has 0 aliphatic carbocycles. The number of piperidine rings is 1. The predicted molar refractivity (Wildman–Crippen MR) is 87.5 cm³/mol. The van der Waals surface area contributed by atoms with Crippen molar-refractivity contribution in [2.75, 3.05) is 18.4 Å². The lowest BCUT2D eigenvalue weighted by Crippen LogP contribution is -2.36. The molecule has 0 radical (unpaired) electrons. The molecule has 1 heterocycles. The molecular formula is C16H17ClN4O2. The Morgan fingerprint density at radius 1 is 1.30 bits per heavy atom. The van der Waals surface area contributed by atoms with E-state index in [1.165, 1.54) is 0 Å². The fourth-order valence-electron chi connectivity index (χ4n) is 2.25. The molecule has 1 fully saturated rings. The first kappa shape index (κ1) is 17.0. The van der Waals surface area contributed by atoms with Crippen LogP contribution in [0.4, 0.5) is 5.69 Å². The first-order valence-corrected chi connectivity index (χ1v) is 7.67. The number of benzene rings is 1. The van der Waals surface area contributed by atoms with Crippen LogP contribution in [0, 0.1) is 17.2 Å². The van der Waals surface area contributed by atoms with E-state index in [2.05, 4.69) is 16.0 Å². The fraction of sp³-hybridized carbons (Fsp3) is 0.312. The molecule has 0 bridgehead atoms. The summed E-state index contributed by atoms with van der Waals surface area (Å²) in [6.45, 7) is 1.58. The molecule has 1 aromatic carbocycles. The van der Waals surface area contributed by atoms with E-state index in [1.807, 2.05) is 0 Å². The van der Waals surface area contributed by atoms with E-state index in [1.54, 1.807) is 30.3 Å². The molecule has 3 N–H and O–H groups in total. The van der Waals surface area contributed by atoms with Crippen molar-refractivity contribution in [3.8, 4) is 6.07 Å². The van der Waals surface area contributed by atoms with Gasteiger partial charge in [-0.3, -0.25) is 9.59 Å². The normalized spacial score (nSPS) is 15.6. The average molecular weight is 333 g/mol. The molecule has 0 aromatic heterocycles. The van der Waals surface area contributed by atoms with Gasteiger partial charge in [0.05, 0.1) is 10.7 Å². The van der Waals surface area contributed by atoms with Crippen molar-refractivity contribution in [2.24, 2.45) is 5.92 Å². The van der Waals surface area contributed by atoms with E-state index < -0.39 is 5.91 Å². The van der Waals surface area contributed by atoms with Crippen LogP contribution in [0.1, 0.15) is 12.8 Å². The summed E-state index contributed by atoms with van der Waals surface area (Å²) < 4.78 is 0. The van der Waals surface area contributed by atoms with E-state index in [9.17, 15) is 9.59 Å². The van der Waals surface area contributed by atoms with E-state index in [-0.39, 0.29) is 17.4 Å². The lowest BCUT2D eigenvalue weighted by atomic mass is 9.97. The van der Waals surface area contributed by atoms with Crippen LogP contribution in [-0.4, -0.2) is 24.9 Å². The molecule has 7 heteroatoms. The molecule has 0 atom stereocenters. The number of hydrogen-bond acceptors (Lipinski definition) is 4. The van der Waals surface area contributed by atoms with Crippen LogP contribution in [0.5, 0.6) is 0 Å². The quantitative estimate of drug-likeness (QED) is 0.579. The predicted octanol–water partition coefficient (Wildman–Crippen LogP) is 1.80. The lowest BCUT2D eigenvalue weighted by Gasteiger charge is -2.20. The topological polar surface area (TPSA) is 94.0 Å². The summed E-state index contributed by atoms with van der Waals surface area (Å²) in [6, 6.07) is 8.49. The molecule has 2 rings (SSSR count). The average Bonchev–Trinajstić information content (AvgIpc) is 2.58. The van der Waals surface area contributed by atoms with E-state index >= 15 is 0 Å². The minimum absolute atomic E-state index is 0.0981. The molecule has 120 valence electrons. The summed E-state index contributed by atoms with van der Waals surface area (Å²) in [5, 5.41) is 17.7. The van der Waals surface area contributed by atoms with E-state index in [4.69, 9.17) is 16.9 Å². The van der Waals surface area contributed by atoms with Gasteiger partial charge in [-0.1, -0.05) is 23.7 Å². The Morgan fingerprint density at radius 2 is 2.00 bits per heavy atom. The van der Waals surface area contributed by atoms with Gasteiger partial charge in [-0.25, -0.2) is 0 Å². The SMILES string of the molecule is N#C/C(=C/NC(=O)C1CCNCC1)C(=O)Nc1ccccc1Cl. The molecule has 1 saturated heterocycles. The summed E-state index contributed by atoms with van der Waals surface area (Å²) in [6.07, 6.45) is 2.64. The van der Waals surface area contributed by atoms with Crippen LogP contribution in [0.25, 0.3) is 0 Å². The Kier molecular flexibility index (Phi) is 6.15. The smallest absolute Gasteiger partial charge is 0.267 e. The number of carbonyl (C=O) groups excluding carboxylic acids is 2. The zero-order valence-electron chi connectivity index (χ0n) is 12.4. The van der Waals surface area contributed by atoms with Crippen molar-refractivity contribution in [1.82, 2.24) is 10.6 Å². The molecule has 1 aliphatic rings. The van der Waals surface area contributed by atoms with Crippen molar-refractivity contribution in [3.63, 3.8) is 0 Å². The highest BCUT2D eigenvalue weighted by atomic mass is 35.5. The molecule has 0 spiro atoms. The monoisotopic (exact) mass is 332 g/mol. The second-order valence-electron chi connectivity index (χ2n) is 5.14. The minimum Gasteiger partial charge on any atom is -0.331 e. The number of nitrogens with zero attached hydrogens (tertiary/aromatic N) is 1. The standard InChI is InChI=1S/C16H17ClN4O2/c17-13-3-1-2-4-14(13)21-16(23)12(9-18)10-20-15(22)11-5-7-19-8-6-11/h1-4,10-11,19H,5-8H2,(H,20,22)(H,21,23)/b12-10-. The Balaban J connectivity index is 1.98. The number of nitrogens with one attached hydrogen (secondary N) is 3. The third-order valence-corrected chi connectivity index (χ3v) is 3.89. The first-order valence-electron chi connectivity index (χ1n) is 7.29. The van der Waals surface area contributed by atoms with E-state index in [0.29, 0.717) is 10.7 Å². The number of halogens is 1. The van der Waals surface area contributed by atoms with Gasteiger partial charge in [-0.05, 0) is 38.1 Å². The van der Waals surface area contributed by atoms with Crippen molar-refractivity contribution in [3.05, 3.63) is 41.1 Å². The van der Waals surface area contributed by atoms with Crippen molar-refractivity contribution >= 4 is 29.1 Å². The van der Waals surface area contributed by atoms with Gasteiger partial charge in [0.2, 0.25) is 5.91 Å². The number of para-hydroxylation sites is 1. The van der Waals surface area contributed by atoms with Crippen molar-refractivity contribution < 1.29 is 9.59 Å². The summed E-state index contributed by atoms with van der Waals surface area (Å²) >= 11 is 5.95. The molecule has 23 heavy (non-hydrogen) atoms. The van der Waals surface area contributed by atoms with Gasteiger partial charge >= 0.3 is 0 Å². The maximum absolute atomic E-state index is 12.1. The van der Waals surface area contributed by atoms with Crippen LogP contribution in [0.2, 0.25) is 5.02 Å². The number of carbonyl (C=O) groups is 2. The van der Waals surface area contributed by atoms with Crippen LogP contribution in [-0.2, 0) is 9.59 Å². The van der Waals surface area contributed by atoms with Crippen molar-refractivity contribution in [1.29, 1.82) is 5.26 Å². The molecule has 2 amide bonds. The summed E-state index contributed by atoms with van der Waals surface area (Å²) in [7, 11) is 0. The highest BCUT2D eigenvalue weighted by Gasteiger charge is 2.20. The Bertz CT molecular complexity index is 660. The van der Waals surface area contributed by atoms with Crippen LogP contribution in [0.15, 0.2) is 36.0 Å². The van der Waals surface area contributed by atoms with Gasteiger partial charge in [0.15, 0.2) is 0 Å². The number of hydrogen-bond donors (Lipinski definition) is 3. The van der Waals surface area contributed by atoms with Gasteiger partial charge in [0.1, 0.15) is 11.6 Å². The number of amides is 2. The zero-order valence-corrected chi connectivity index (χ0v) is 13.2. The minimum atomic E-state index is -0.619. The largest absolute Gasteiger partial charge is 0.331 e. The third-order valence-electron chi connectivity index (χ3n) is 3.56. The van der Waals surface area contributed by atoms with Gasteiger partial charge < -0.3 is 16.0 Å². The summed E-state index contributed by atoms with van der Waals surface area (Å²) in [5.74, 6) is -0.893. The molecule has 6 nitrogen and oxygen atoms in total.